The molecule has 2 aromatic carbocycles. The van der Waals surface area contributed by atoms with Gasteiger partial charge in [0.2, 0.25) is 0 Å². The zero-order valence-electron chi connectivity index (χ0n) is 20.6. The standard InChI is InChI=1S/C28H28ClF4N3O2/c29-22-13-14-24(34-19-22)27(18-20-9-4-3-5-10-20,35-26(37)36-15-6-1-2-7-16-36)21-11-8-12-23(17-21)38-28(32,33)25(30)31/h3-5,8-14,17,19,25H,1-2,6-7,15-16,18H2,(H,35,37)/t27-/m0/s1. The molecule has 2 amide bonds. The second-order valence-corrected chi connectivity index (χ2v) is 9.69. The minimum atomic E-state index is -4.69. The van der Waals surface area contributed by atoms with E-state index in [9.17, 15) is 22.4 Å². The molecular weight excluding hydrogens is 522 g/mol. The van der Waals surface area contributed by atoms with Gasteiger partial charge in [0.25, 0.3) is 0 Å². The minimum Gasteiger partial charge on any atom is -0.428 e. The van der Waals surface area contributed by atoms with E-state index in [1.807, 2.05) is 30.3 Å². The van der Waals surface area contributed by atoms with Crippen LogP contribution in [0.15, 0.2) is 72.9 Å². The van der Waals surface area contributed by atoms with Crippen molar-refractivity contribution in [3.05, 3.63) is 94.8 Å². The second-order valence-electron chi connectivity index (χ2n) is 9.25. The van der Waals surface area contributed by atoms with Gasteiger partial charge in [0.1, 0.15) is 11.3 Å². The van der Waals surface area contributed by atoms with Crippen LogP contribution in [0, 0.1) is 0 Å². The predicted molar refractivity (Wildman–Crippen MR) is 137 cm³/mol. The number of urea groups is 1. The van der Waals surface area contributed by atoms with Gasteiger partial charge in [-0.25, -0.2) is 4.79 Å². The fraction of sp³-hybridized carbons (Fsp3) is 0.357. The zero-order valence-corrected chi connectivity index (χ0v) is 21.3. The number of halogens is 5. The van der Waals surface area contributed by atoms with Crippen LogP contribution in [0.1, 0.15) is 42.5 Å². The summed E-state index contributed by atoms with van der Waals surface area (Å²) in [5.41, 5.74) is 0.188. The molecule has 38 heavy (non-hydrogen) atoms. The normalized spacial score (nSPS) is 16.0. The van der Waals surface area contributed by atoms with E-state index >= 15 is 0 Å². The van der Waals surface area contributed by atoms with Crippen LogP contribution < -0.4 is 10.1 Å². The van der Waals surface area contributed by atoms with Gasteiger partial charge in [-0.15, -0.1) is 0 Å². The first kappa shape index (κ1) is 27.7. The van der Waals surface area contributed by atoms with E-state index in [2.05, 4.69) is 15.0 Å². The number of amides is 2. The maximum Gasteiger partial charge on any atom is 0.461 e. The van der Waals surface area contributed by atoms with E-state index < -0.39 is 23.8 Å². The highest BCUT2D eigenvalue weighted by atomic mass is 35.5. The zero-order chi connectivity index (χ0) is 27.2. The number of carbonyl (C=O) groups excluding carboxylic acids is 1. The van der Waals surface area contributed by atoms with E-state index in [0.29, 0.717) is 29.4 Å². The molecule has 4 rings (SSSR count). The summed E-state index contributed by atoms with van der Waals surface area (Å²) in [5.74, 6) is -0.469. The number of carbonyl (C=O) groups is 1. The first-order chi connectivity index (χ1) is 18.2. The molecule has 5 nitrogen and oxygen atoms in total. The van der Waals surface area contributed by atoms with Crippen molar-refractivity contribution in [3.8, 4) is 5.75 Å². The lowest BCUT2D eigenvalue weighted by atomic mass is 9.80. The van der Waals surface area contributed by atoms with Crippen LogP contribution in [0.2, 0.25) is 5.02 Å². The van der Waals surface area contributed by atoms with Gasteiger partial charge < -0.3 is 15.0 Å². The van der Waals surface area contributed by atoms with Crippen molar-refractivity contribution in [2.75, 3.05) is 13.1 Å². The molecule has 0 aliphatic carbocycles. The number of aromatic nitrogens is 1. The molecule has 1 fully saturated rings. The lowest BCUT2D eigenvalue weighted by molar-refractivity contribution is -0.253. The Morgan fingerprint density at radius 1 is 1.00 bits per heavy atom. The molecular formula is C28H28ClF4N3O2. The van der Waals surface area contributed by atoms with Crippen molar-refractivity contribution in [1.82, 2.24) is 15.2 Å². The monoisotopic (exact) mass is 549 g/mol. The van der Waals surface area contributed by atoms with Gasteiger partial charge in [-0.1, -0.05) is 66.9 Å². The predicted octanol–water partition coefficient (Wildman–Crippen LogP) is 7.04. The van der Waals surface area contributed by atoms with E-state index in [-0.39, 0.29) is 12.5 Å². The average molecular weight is 550 g/mol. The third-order valence-electron chi connectivity index (χ3n) is 6.53. The van der Waals surface area contributed by atoms with Crippen molar-refractivity contribution in [2.24, 2.45) is 0 Å². The lowest BCUT2D eigenvalue weighted by Crippen LogP contribution is -2.54. The van der Waals surface area contributed by atoms with Gasteiger partial charge in [-0.2, -0.15) is 17.6 Å². The fourth-order valence-corrected chi connectivity index (χ4v) is 4.73. The molecule has 0 saturated carbocycles. The van der Waals surface area contributed by atoms with Crippen LogP contribution >= 0.6 is 11.6 Å². The van der Waals surface area contributed by atoms with Crippen molar-refractivity contribution in [3.63, 3.8) is 0 Å². The van der Waals surface area contributed by atoms with Gasteiger partial charge in [0, 0.05) is 25.7 Å². The molecule has 0 unspecified atom stereocenters. The highest BCUT2D eigenvalue weighted by Crippen LogP contribution is 2.37. The Labute approximate surface area is 223 Å². The number of pyridine rings is 1. The number of hydrogen-bond donors (Lipinski definition) is 1. The van der Waals surface area contributed by atoms with Crippen molar-refractivity contribution >= 4 is 17.6 Å². The SMILES string of the molecule is O=C(N[C@@](Cc1ccccc1)(c1cccc(OC(F)(F)C(F)F)c1)c1ccc(Cl)cn1)N1CCCCCC1. The Hall–Kier alpha value is -3.33. The molecule has 10 heteroatoms. The molecule has 1 N–H and O–H groups in total. The molecule has 0 radical (unpaired) electrons. The van der Waals surface area contributed by atoms with Gasteiger partial charge >= 0.3 is 18.6 Å². The second kappa shape index (κ2) is 12.0. The molecule has 1 saturated heterocycles. The van der Waals surface area contributed by atoms with Gasteiger partial charge in [-0.05, 0) is 48.2 Å². The molecule has 1 aromatic heterocycles. The largest absolute Gasteiger partial charge is 0.461 e. The fourth-order valence-electron chi connectivity index (χ4n) is 4.61. The van der Waals surface area contributed by atoms with E-state index in [1.165, 1.54) is 24.4 Å². The Kier molecular flexibility index (Phi) is 8.76. The topological polar surface area (TPSA) is 54.5 Å². The highest BCUT2D eigenvalue weighted by molar-refractivity contribution is 6.30. The molecule has 1 aliphatic heterocycles. The number of nitrogens with one attached hydrogen (secondary N) is 1. The van der Waals surface area contributed by atoms with Crippen LogP contribution in [0.4, 0.5) is 22.4 Å². The quantitative estimate of drug-likeness (QED) is 0.307. The summed E-state index contributed by atoms with van der Waals surface area (Å²) in [4.78, 5) is 19.9. The molecule has 0 spiro atoms. The molecule has 2 heterocycles. The lowest BCUT2D eigenvalue weighted by Gasteiger charge is -2.37. The van der Waals surface area contributed by atoms with Crippen LogP contribution in [-0.2, 0) is 12.0 Å². The molecule has 1 aliphatic rings. The number of hydrogen-bond acceptors (Lipinski definition) is 3. The number of rotatable bonds is 8. The molecule has 0 bridgehead atoms. The number of nitrogens with zero attached hydrogens (tertiary/aromatic N) is 2. The number of likely N-dealkylation sites (tertiary alicyclic amines) is 1. The van der Waals surface area contributed by atoms with E-state index in [4.69, 9.17) is 11.6 Å². The van der Waals surface area contributed by atoms with Gasteiger partial charge in [-0.3, -0.25) is 4.98 Å². The average Bonchev–Trinajstić information content (AvgIpc) is 3.19. The molecule has 3 aromatic rings. The smallest absolute Gasteiger partial charge is 0.428 e. The minimum absolute atomic E-state index is 0.191. The third-order valence-corrected chi connectivity index (χ3v) is 6.75. The summed E-state index contributed by atoms with van der Waals surface area (Å²) in [7, 11) is 0. The van der Waals surface area contributed by atoms with E-state index in [1.54, 1.807) is 23.1 Å². The number of alkyl halides is 4. The first-order valence-corrected chi connectivity index (χ1v) is 12.8. The number of benzene rings is 2. The Morgan fingerprint density at radius 3 is 2.34 bits per heavy atom. The highest BCUT2D eigenvalue weighted by Gasteiger charge is 2.45. The van der Waals surface area contributed by atoms with Crippen molar-refractivity contribution < 1.29 is 27.1 Å². The summed E-state index contributed by atoms with van der Waals surface area (Å²) in [6.07, 6.45) is -3.30. The Balaban J connectivity index is 1.84. The van der Waals surface area contributed by atoms with Crippen LogP contribution in [0.3, 0.4) is 0 Å². The first-order valence-electron chi connectivity index (χ1n) is 12.4. The van der Waals surface area contributed by atoms with Crippen LogP contribution in [0.25, 0.3) is 0 Å². The van der Waals surface area contributed by atoms with Crippen LogP contribution in [-0.4, -0.2) is 41.5 Å². The van der Waals surface area contributed by atoms with Gasteiger partial charge in [0.15, 0.2) is 0 Å². The molecule has 1 atom stereocenters. The van der Waals surface area contributed by atoms with Crippen molar-refractivity contribution in [1.29, 1.82) is 0 Å². The maximum atomic E-state index is 13.8. The Morgan fingerprint density at radius 2 is 1.71 bits per heavy atom. The maximum absolute atomic E-state index is 13.8. The van der Waals surface area contributed by atoms with Crippen molar-refractivity contribution in [2.45, 2.75) is 50.2 Å². The summed E-state index contributed by atoms with van der Waals surface area (Å²) in [6.45, 7) is 1.15. The Bertz CT molecular complexity index is 1210. The summed E-state index contributed by atoms with van der Waals surface area (Å²) >= 11 is 6.11. The summed E-state index contributed by atoms with van der Waals surface area (Å²) < 4.78 is 57.7. The summed E-state index contributed by atoms with van der Waals surface area (Å²) in [6, 6.07) is 17.6. The number of ether oxygens (including phenoxy) is 1. The molecule has 202 valence electrons. The van der Waals surface area contributed by atoms with Gasteiger partial charge in [0.05, 0.1) is 10.7 Å². The van der Waals surface area contributed by atoms with E-state index in [0.717, 1.165) is 31.2 Å². The van der Waals surface area contributed by atoms with Crippen LogP contribution in [0.5, 0.6) is 5.75 Å². The summed E-state index contributed by atoms with van der Waals surface area (Å²) in [5, 5.41) is 3.50. The third kappa shape index (κ3) is 6.56.